The number of sulfonamides is 1. The van der Waals surface area contributed by atoms with Crippen LogP contribution in [0, 0.1) is 11.6 Å². The first-order valence-electron chi connectivity index (χ1n) is 14.0. The summed E-state index contributed by atoms with van der Waals surface area (Å²) in [6.45, 7) is 1.82. The quantitative estimate of drug-likeness (QED) is 0.218. The van der Waals surface area contributed by atoms with Gasteiger partial charge >= 0.3 is 0 Å². The van der Waals surface area contributed by atoms with Crippen LogP contribution in [0.5, 0.6) is 11.5 Å². The van der Waals surface area contributed by atoms with Gasteiger partial charge in [0.25, 0.3) is 15.9 Å². The molecule has 2 atom stereocenters. The lowest BCUT2D eigenvalue weighted by Gasteiger charge is -2.45. The molecular formula is C34H25ClF2N2O5S. The van der Waals surface area contributed by atoms with E-state index in [1.165, 1.54) is 29.6 Å². The molecule has 0 bridgehead atoms. The number of ether oxygens (including phenoxy) is 2. The number of rotatable bonds is 5. The van der Waals surface area contributed by atoms with Crippen molar-refractivity contribution in [2.75, 3.05) is 18.0 Å². The van der Waals surface area contributed by atoms with Crippen LogP contribution >= 0.6 is 11.6 Å². The number of hydrogen-bond acceptors (Lipinski definition) is 5. The maximum Gasteiger partial charge on any atom is 0.265 e. The second-order valence-electron chi connectivity index (χ2n) is 10.9. The van der Waals surface area contributed by atoms with Crippen molar-refractivity contribution in [2.45, 2.75) is 24.0 Å². The number of fused-ring (bicyclic) bond motifs is 5. The van der Waals surface area contributed by atoms with Crippen LogP contribution in [0.4, 0.5) is 14.5 Å². The maximum absolute atomic E-state index is 14.7. The predicted octanol–water partition coefficient (Wildman–Crippen LogP) is 7.02. The molecule has 3 aliphatic heterocycles. The van der Waals surface area contributed by atoms with E-state index < -0.39 is 33.8 Å². The Morgan fingerprint density at radius 3 is 2.53 bits per heavy atom. The highest BCUT2D eigenvalue weighted by molar-refractivity contribution is 7.92. The normalized spacial score (nSPS) is 18.8. The summed E-state index contributed by atoms with van der Waals surface area (Å²) in [6.07, 6.45) is 2.68. The van der Waals surface area contributed by atoms with E-state index in [-0.39, 0.29) is 45.1 Å². The van der Waals surface area contributed by atoms with Crippen LogP contribution in [0.15, 0.2) is 89.8 Å². The molecular weight excluding hydrogens is 622 g/mol. The first-order chi connectivity index (χ1) is 21.6. The second-order valence-corrected chi connectivity index (χ2v) is 13.1. The Morgan fingerprint density at radius 2 is 1.78 bits per heavy atom. The van der Waals surface area contributed by atoms with Crippen molar-refractivity contribution in [3.63, 3.8) is 0 Å². The van der Waals surface area contributed by atoms with Gasteiger partial charge in [-0.15, -0.1) is 0 Å². The highest BCUT2D eigenvalue weighted by Gasteiger charge is 2.48. The van der Waals surface area contributed by atoms with E-state index in [4.69, 9.17) is 21.1 Å². The third-order valence-electron chi connectivity index (χ3n) is 8.23. The fraction of sp³-hybridized carbons (Fsp3) is 0.147. The SMILES string of the molecule is COc1cc(S(=O)(=O)N2c3cc(/C=C(\C)c4c(F)cccc4Cl)ccc3O[C@H]3CN4C(=O)c5ccccc5C4=C[C@H]32)ccc1F. The number of carbonyl (C=O) groups excluding carboxylic acids is 1. The molecule has 228 valence electrons. The van der Waals surface area contributed by atoms with E-state index in [0.717, 1.165) is 12.1 Å². The second kappa shape index (κ2) is 10.7. The fourth-order valence-corrected chi connectivity index (χ4v) is 8.11. The number of carbonyl (C=O) groups is 1. The molecule has 4 aromatic carbocycles. The number of anilines is 1. The Hall–Kier alpha value is -4.67. The van der Waals surface area contributed by atoms with Gasteiger partial charge in [-0.25, -0.2) is 17.2 Å². The molecule has 3 heterocycles. The molecule has 0 aromatic heterocycles. The van der Waals surface area contributed by atoms with Crippen LogP contribution in [0.3, 0.4) is 0 Å². The van der Waals surface area contributed by atoms with Crippen LogP contribution in [-0.4, -0.2) is 45.0 Å². The summed E-state index contributed by atoms with van der Waals surface area (Å²) in [5.74, 6) is -1.33. The molecule has 3 aliphatic rings. The average molecular weight is 647 g/mol. The molecule has 7 rings (SSSR count). The minimum atomic E-state index is -4.37. The van der Waals surface area contributed by atoms with Crippen molar-refractivity contribution in [3.05, 3.63) is 124 Å². The van der Waals surface area contributed by atoms with Gasteiger partial charge in [-0.05, 0) is 66.6 Å². The maximum atomic E-state index is 14.7. The number of halogens is 3. The molecule has 7 nitrogen and oxygen atoms in total. The Labute approximate surface area is 263 Å². The van der Waals surface area contributed by atoms with Gasteiger partial charge < -0.3 is 14.4 Å². The smallest absolute Gasteiger partial charge is 0.265 e. The lowest BCUT2D eigenvalue weighted by atomic mass is 9.98. The predicted molar refractivity (Wildman–Crippen MR) is 168 cm³/mol. The Morgan fingerprint density at radius 1 is 1.00 bits per heavy atom. The first kappa shape index (κ1) is 29.1. The van der Waals surface area contributed by atoms with Gasteiger partial charge in [0, 0.05) is 22.8 Å². The van der Waals surface area contributed by atoms with E-state index in [1.807, 2.05) is 12.1 Å². The number of hydrogen-bond donors (Lipinski definition) is 0. The van der Waals surface area contributed by atoms with Gasteiger partial charge in [-0.3, -0.25) is 9.10 Å². The van der Waals surface area contributed by atoms with Crippen molar-refractivity contribution in [2.24, 2.45) is 0 Å². The molecule has 0 aliphatic carbocycles. The Kier molecular flexibility index (Phi) is 6.94. The lowest BCUT2D eigenvalue weighted by Crippen LogP contribution is -2.57. The molecule has 1 amide bonds. The highest BCUT2D eigenvalue weighted by atomic mass is 35.5. The van der Waals surface area contributed by atoms with Gasteiger partial charge in [0.2, 0.25) is 0 Å². The van der Waals surface area contributed by atoms with Crippen LogP contribution in [0.1, 0.15) is 34.0 Å². The fourth-order valence-electron chi connectivity index (χ4n) is 6.16. The summed E-state index contributed by atoms with van der Waals surface area (Å²) in [4.78, 5) is 14.7. The number of methoxy groups -OCH3 is 1. The van der Waals surface area contributed by atoms with Gasteiger partial charge in [0.1, 0.15) is 23.7 Å². The molecule has 0 saturated carbocycles. The number of amides is 1. The molecule has 0 radical (unpaired) electrons. The zero-order chi connectivity index (χ0) is 31.6. The lowest BCUT2D eigenvalue weighted by molar-refractivity contribution is 0.0747. The molecule has 45 heavy (non-hydrogen) atoms. The van der Waals surface area contributed by atoms with Crippen molar-refractivity contribution in [3.8, 4) is 11.5 Å². The van der Waals surface area contributed by atoms with Crippen molar-refractivity contribution >= 4 is 50.6 Å². The van der Waals surface area contributed by atoms with E-state index in [9.17, 15) is 22.0 Å². The third-order valence-corrected chi connectivity index (χ3v) is 10.4. The Balaban J connectivity index is 1.41. The van der Waals surface area contributed by atoms with Crippen molar-refractivity contribution < 1.29 is 31.5 Å². The number of benzene rings is 4. The minimum absolute atomic E-state index is 0.106. The molecule has 0 fully saturated rings. The van der Waals surface area contributed by atoms with E-state index in [0.29, 0.717) is 28.0 Å². The van der Waals surface area contributed by atoms with Gasteiger partial charge in [0.05, 0.1) is 35.0 Å². The summed E-state index contributed by atoms with van der Waals surface area (Å²) in [5.41, 5.74) is 3.36. The number of nitrogens with zero attached hydrogens (tertiary/aromatic N) is 2. The van der Waals surface area contributed by atoms with Gasteiger partial charge in [0.15, 0.2) is 11.6 Å². The molecule has 4 aromatic rings. The van der Waals surface area contributed by atoms with Crippen molar-refractivity contribution in [1.82, 2.24) is 4.90 Å². The largest absolute Gasteiger partial charge is 0.494 e. The summed E-state index contributed by atoms with van der Waals surface area (Å²) < 4.78 is 70.8. The van der Waals surface area contributed by atoms with Crippen LogP contribution in [0.25, 0.3) is 17.3 Å². The Bertz CT molecular complexity index is 2060. The summed E-state index contributed by atoms with van der Waals surface area (Å²) in [6, 6.07) is 19.1. The van der Waals surface area contributed by atoms with Crippen LogP contribution in [-0.2, 0) is 10.0 Å². The monoisotopic (exact) mass is 646 g/mol. The van der Waals surface area contributed by atoms with E-state index in [2.05, 4.69) is 0 Å². The van der Waals surface area contributed by atoms with E-state index in [1.54, 1.807) is 60.4 Å². The minimum Gasteiger partial charge on any atom is -0.494 e. The van der Waals surface area contributed by atoms with Gasteiger partial charge in [-0.2, -0.15) is 0 Å². The van der Waals surface area contributed by atoms with Crippen LogP contribution in [0.2, 0.25) is 5.02 Å². The number of allylic oxidation sites excluding steroid dienone is 1. The molecule has 0 saturated heterocycles. The molecule has 11 heteroatoms. The summed E-state index contributed by atoms with van der Waals surface area (Å²) in [7, 11) is -3.11. The van der Waals surface area contributed by atoms with Crippen molar-refractivity contribution in [1.29, 1.82) is 0 Å². The van der Waals surface area contributed by atoms with Gasteiger partial charge in [-0.1, -0.05) is 48.0 Å². The van der Waals surface area contributed by atoms with Crippen LogP contribution < -0.4 is 13.8 Å². The summed E-state index contributed by atoms with van der Waals surface area (Å²) in [5, 5.41) is 0.243. The van der Waals surface area contributed by atoms with E-state index >= 15 is 0 Å². The zero-order valence-electron chi connectivity index (χ0n) is 24.0. The third kappa shape index (κ3) is 4.67. The zero-order valence-corrected chi connectivity index (χ0v) is 25.6. The topological polar surface area (TPSA) is 76.2 Å². The average Bonchev–Trinajstić information content (AvgIpc) is 3.29. The molecule has 0 N–H and O–H groups in total. The molecule has 0 unspecified atom stereocenters. The first-order valence-corrected chi connectivity index (χ1v) is 15.8. The standard InChI is InChI=1S/C34H25ClF2N2O5S/c1-19(33-24(35)8-5-9-26(33)37)14-20-10-13-30-28(15-20)39(45(41,42)21-11-12-25(36)31(16-21)43-2)29-17-27-22-6-3-4-7-23(22)34(40)38(27)18-32(29)44-30/h3-17,29,32H,18H2,1-2H3/b19-14+/t29-,32+/m1/s1. The molecule has 0 spiro atoms. The highest BCUT2D eigenvalue weighted by Crippen LogP contribution is 2.46. The summed E-state index contributed by atoms with van der Waals surface area (Å²) >= 11 is 6.30.